The van der Waals surface area contributed by atoms with Crippen molar-refractivity contribution in [2.45, 2.75) is 30.7 Å². The Morgan fingerprint density at radius 1 is 1.18 bits per heavy atom. The van der Waals surface area contributed by atoms with Crippen LogP contribution in [-0.2, 0) is 14.8 Å². The number of carbonyl (C=O) groups excluding carboxylic acids is 1. The number of nitrogens with zero attached hydrogens (tertiary/aromatic N) is 1. The number of carbonyl (C=O) groups is 1. The molecule has 28 heavy (non-hydrogen) atoms. The second-order valence-electron chi connectivity index (χ2n) is 6.92. The molecule has 1 N–H and O–H groups in total. The van der Waals surface area contributed by atoms with Gasteiger partial charge in [0.15, 0.2) is 0 Å². The summed E-state index contributed by atoms with van der Waals surface area (Å²) in [5, 5.41) is 3.54. The van der Waals surface area contributed by atoms with E-state index in [-0.39, 0.29) is 22.8 Å². The minimum Gasteiger partial charge on any atom is -0.349 e. The zero-order valence-corrected chi connectivity index (χ0v) is 18.6. The summed E-state index contributed by atoms with van der Waals surface area (Å²) in [6, 6.07) is 13.9. The zero-order chi connectivity index (χ0) is 20.3. The van der Waals surface area contributed by atoms with E-state index in [1.807, 2.05) is 31.2 Å². The van der Waals surface area contributed by atoms with E-state index >= 15 is 0 Å². The van der Waals surface area contributed by atoms with Crippen molar-refractivity contribution in [3.05, 3.63) is 63.6 Å². The highest BCUT2D eigenvalue weighted by Crippen LogP contribution is 2.26. The van der Waals surface area contributed by atoms with Crippen molar-refractivity contribution in [3.63, 3.8) is 0 Å². The van der Waals surface area contributed by atoms with E-state index in [4.69, 9.17) is 11.6 Å². The molecule has 1 saturated heterocycles. The van der Waals surface area contributed by atoms with Crippen molar-refractivity contribution in [3.8, 4) is 0 Å². The van der Waals surface area contributed by atoms with E-state index in [9.17, 15) is 13.2 Å². The fourth-order valence-corrected chi connectivity index (χ4v) is 5.32. The van der Waals surface area contributed by atoms with E-state index in [0.717, 1.165) is 10.0 Å². The average Bonchev–Trinajstić information content (AvgIpc) is 2.68. The van der Waals surface area contributed by atoms with Crippen LogP contribution in [0.5, 0.6) is 0 Å². The molecule has 1 amide bonds. The third-order valence-electron chi connectivity index (χ3n) is 4.98. The van der Waals surface area contributed by atoms with Gasteiger partial charge in [0, 0.05) is 28.5 Å². The molecule has 2 aromatic carbocycles. The van der Waals surface area contributed by atoms with Gasteiger partial charge >= 0.3 is 0 Å². The Morgan fingerprint density at radius 2 is 1.82 bits per heavy atom. The summed E-state index contributed by atoms with van der Waals surface area (Å²) >= 11 is 9.28. The molecule has 0 aromatic heterocycles. The molecule has 150 valence electrons. The van der Waals surface area contributed by atoms with Crippen molar-refractivity contribution < 1.29 is 13.2 Å². The van der Waals surface area contributed by atoms with Gasteiger partial charge in [-0.05, 0) is 61.7 Å². The fraction of sp³-hybridized carbons (Fsp3) is 0.350. The van der Waals surface area contributed by atoms with Crippen LogP contribution in [0.2, 0.25) is 5.02 Å². The second kappa shape index (κ2) is 8.95. The van der Waals surface area contributed by atoms with Gasteiger partial charge in [-0.3, -0.25) is 4.79 Å². The first-order valence-electron chi connectivity index (χ1n) is 9.09. The Kier molecular flexibility index (Phi) is 6.81. The largest absolute Gasteiger partial charge is 0.349 e. The summed E-state index contributed by atoms with van der Waals surface area (Å²) in [4.78, 5) is 12.9. The maximum absolute atomic E-state index is 12.7. The molecule has 3 rings (SSSR count). The van der Waals surface area contributed by atoms with Crippen LogP contribution < -0.4 is 5.32 Å². The van der Waals surface area contributed by atoms with Gasteiger partial charge in [-0.1, -0.05) is 39.7 Å². The first kappa shape index (κ1) is 21.3. The van der Waals surface area contributed by atoms with Gasteiger partial charge in [-0.2, -0.15) is 4.31 Å². The summed E-state index contributed by atoms with van der Waals surface area (Å²) in [5.74, 6) is -0.220. The van der Waals surface area contributed by atoms with Gasteiger partial charge < -0.3 is 5.32 Å². The number of piperidine rings is 1. The molecule has 0 aliphatic carbocycles. The summed E-state index contributed by atoms with van der Waals surface area (Å²) in [6.07, 6.45) is 1.01. The van der Waals surface area contributed by atoms with Crippen LogP contribution in [0, 0.1) is 5.92 Å². The van der Waals surface area contributed by atoms with Crippen molar-refractivity contribution in [1.29, 1.82) is 0 Å². The molecule has 1 heterocycles. The van der Waals surface area contributed by atoms with E-state index in [1.54, 1.807) is 12.1 Å². The van der Waals surface area contributed by atoms with E-state index in [2.05, 4.69) is 21.2 Å². The minimum atomic E-state index is -3.56. The normalized spacial score (nSPS) is 17.2. The number of hydrogen-bond acceptors (Lipinski definition) is 3. The highest BCUT2D eigenvalue weighted by molar-refractivity contribution is 9.10. The third-order valence-corrected chi connectivity index (χ3v) is 7.64. The first-order valence-corrected chi connectivity index (χ1v) is 11.7. The number of benzene rings is 2. The molecule has 1 aliphatic heterocycles. The Labute approximate surface area is 179 Å². The van der Waals surface area contributed by atoms with Gasteiger partial charge in [0.1, 0.15) is 0 Å². The Morgan fingerprint density at radius 3 is 2.43 bits per heavy atom. The highest BCUT2D eigenvalue weighted by Gasteiger charge is 2.32. The number of hydrogen-bond donors (Lipinski definition) is 1. The van der Waals surface area contributed by atoms with Crippen LogP contribution in [0.1, 0.15) is 31.4 Å². The molecule has 8 heteroatoms. The smallest absolute Gasteiger partial charge is 0.243 e. The van der Waals surface area contributed by atoms with Crippen LogP contribution >= 0.6 is 27.5 Å². The molecule has 5 nitrogen and oxygen atoms in total. The minimum absolute atomic E-state index is 0.0315. The Hall–Kier alpha value is -1.41. The number of amides is 1. The maximum Gasteiger partial charge on any atom is 0.243 e. The lowest BCUT2D eigenvalue weighted by Crippen LogP contribution is -2.43. The lowest BCUT2D eigenvalue weighted by Gasteiger charge is -2.31. The zero-order valence-electron chi connectivity index (χ0n) is 15.4. The summed E-state index contributed by atoms with van der Waals surface area (Å²) in [7, 11) is -3.56. The number of sulfonamides is 1. The van der Waals surface area contributed by atoms with Gasteiger partial charge in [-0.15, -0.1) is 0 Å². The molecule has 0 radical (unpaired) electrons. The van der Waals surface area contributed by atoms with Gasteiger partial charge in [0.2, 0.25) is 15.9 Å². The standard InChI is InChI=1S/C20H22BrClN2O3S/c1-14(16-3-2-4-17(21)13-16)23-20(25)15-9-11-24(12-10-15)28(26,27)19-7-5-18(22)6-8-19/h2-8,13-15H,9-12H2,1H3,(H,23,25)/t14-/m0/s1. The number of rotatable bonds is 5. The maximum atomic E-state index is 12.7. The quantitative estimate of drug-likeness (QED) is 0.683. The fourth-order valence-electron chi connectivity index (χ4n) is 3.30. The Bertz CT molecular complexity index is 942. The van der Waals surface area contributed by atoms with Crippen LogP contribution in [-0.4, -0.2) is 31.7 Å². The van der Waals surface area contributed by atoms with Crippen LogP contribution in [0.15, 0.2) is 57.9 Å². The molecular weight excluding hydrogens is 464 g/mol. The monoisotopic (exact) mass is 484 g/mol. The predicted molar refractivity (Wildman–Crippen MR) is 114 cm³/mol. The van der Waals surface area contributed by atoms with Gasteiger partial charge in [-0.25, -0.2) is 8.42 Å². The average molecular weight is 486 g/mol. The summed E-state index contributed by atoms with van der Waals surface area (Å²) in [6.45, 7) is 2.60. The number of halogens is 2. The molecule has 2 aromatic rings. The SMILES string of the molecule is C[C@H](NC(=O)C1CCN(S(=O)(=O)c2ccc(Cl)cc2)CC1)c1cccc(Br)c1. The van der Waals surface area contributed by atoms with Crippen LogP contribution in [0.4, 0.5) is 0 Å². The van der Waals surface area contributed by atoms with Crippen molar-refractivity contribution in [1.82, 2.24) is 9.62 Å². The molecule has 0 saturated carbocycles. The first-order chi connectivity index (χ1) is 13.3. The number of nitrogens with one attached hydrogen (secondary N) is 1. The molecule has 1 atom stereocenters. The topological polar surface area (TPSA) is 66.5 Å². The lowest BCUT2D eigenvalue weighted by atomic mass is 9.96. The third kappa shape index (κ3) is 4.95. The molecule has 1 aliphatic rings. The predicted octanol–water partition coefficient (Wildman–Crippen LogP) is 4.38. The van der Waals surface area contributed by atoms with Crippen LogP contribution in [0.3, 0.4) is 0 Å². The van der Waals surface area contributed by atoms with Gasteiger partial charge in [0.05, 0.1) is 10.9 Å². The molecule has 0 unspecified atom stereocenters. The van der Waals surface area contributed by atoms with Crippen molar-refractivity contribution >= 4 is 43.5 Å². The molecular formula is C20H22BrClN2O3S. The van der Waals surface area contributed by atoms with E-state index in [1.165, 1.54) is 16.4 Å². The summed E-state index contributed by atoms with van der Waals surface area (Å²) < 4.78 is 27.9. The molecule has 0 bridgehead atoms. The second-order valence-corrected chi connectivity index (χ2v) is 10.2. The highest BCUT2D eigenvalue weighted by atomic mass is 79.9. The van der Waals surface area contributed by atoms with Crippen LogP contribution in [0.25, 0.3) is 0 Å². The summed E-state index contributed by atoms with van der Waals surface area (Å²) in [5.41, 5.74) is 1.02. The van der Waals surface area contributed by atoms with E-state index in [0.29, 0.717) is 31.0 Å². The van der Waals surface area contributed by atoms with Gasteiger partial charge in [0.25, 0.3) is 0 Å². The molecule has 0 spiro atoms. The van der Waals surface area contributed by atoms with E-state index < -0.39 is 10.0 Å². The van der Waals surface area contributed by atoms with Crippen molar-refractivity contribution in [2.75, 3.05) is 13.1 Å². The Balaban J connectivity index is 1.58. The van der Waals surface area contributed by atoms with Crippen molar-refractivity contribution in [2.24, 2.45) is 5.92 Å². The molecule has 1 fully saturated rings. The lowest BCUT2D eigenvalue weighted by molar-refractivity contribution is -0.126.